The normalized spacial score (nSPS) is 19.1. The van der Waals surface area contributed by atoms with Gasteiger partial charge in [0.15, 0.2) is 5.75 Å². The Morgan fingerprint density at radius 1 is 1.38 bits per heavy atom. The summed E-state index contributed by atoms with van der Waals surface area (Å²) < 4.78 is 19.3. The Kier molecular flexibility index (Phi) is 3.61. The van der Waals surface area contributed by atoms with Crippen molar-refractivity contribution >= 4 is 16.5 Å². The van der Waals surface area contributed by atoms with E-state index in [2.05, 4.69) is 4.98 Å². The van der Waals surface area contributed by atoms with E-state index in [4.69, 9.17) is 15.5 Å². The van der Waals surface area contributed by atoms with Crippen LogP contribution in [0, 0.1) is 6.92 Å². The summed E-state index contributed by atoms with van der Waals surface area (Å²) >= 11 is 0. The van der Waals surface area contributed by atoms with Gasteiger partial charge in [-0.2, -0.15) is 5.90 Å². The first-order valence-electron chi connectivity index (χ1n) is 6.86. The van der Waals surface area contributed by atoms with Crippen LogP contribution >= 0.6 is 0 Å². The van der Waals surface area contributed by atoms with Gasteiger partial charge in [-0.3, -0.25) is 4.98 Å². The standard InChI is InChI=1S/C16H17FN2O2/c1-9-5-16(21-18)13-7-11(3-4-15(13)19-9)12-6-10(2)20-8-14(12)17/h3-5,7,10H,6,8,18H2,1-2H3. The van der Waals surface area contributed by atoms with Crippen molar-refractivity contribution in [1.29, 1.82) is 0 Å². The molecule has 0 saturated heterocycles. The van der Waals surface area contributed by atoms with E-state index in [1.54, 1.807) is 6.07 Å². The van der Waals surface area contributed by atoms with Gasteiger partial charge in [-0.25, -0.2) is 4.39 Å². The van der Waals surface area contributed by atoms with Gasteiger partial charge < -0.3 is 9.57 Å². The van der Waals surface area contributed by atoms with Crippen LogP contribution in [0.5, 0.6) is 5.75 Å². The molecule has 2 aromatic rings. The molecule has 1 aromatic carbocycles. The molecule has 2 heterocycles. The van der Waals surface area contributed by atoms with Gasteiger partial charge in [0, 0.05) is 23.6 Å². The van der Waals surface area contributed by atoms with Crippen molar-refractivity contribution in [2.45, 2.75) is 26.4 Å². The van der Waals surface area contributed by atoms with Crippen LogP contribution in [0.4, 0.5) is 4.39 Å². The van der Waals surface area contributed by atoms with Crippen molar-refractivity contribution in [3.63, 3.8) is 0 Å². The van der Waals surface area contributed by atoms with Crippen molar-refractivity contribution in [2.75, 3.05) is 6.61 Å². The summed E-state index contributed by atoms with van der Waals surface area (Å²) in [6, 6.07) is 7.38. The third-order valence-electron chi connectivity index (χ3n) is 3.69. The molecule has 0 spiro atoms. The molecule has 1 aliphatic rings. The predicted molar refractivity (Wildman–Crippen MR) is 79.4 cm³/mol. The highest BCUT2D eigenvalue weighted by Crippen LogP contribution is 2.33. The lowest BCUT2D eigenvalue weighted by molar-refractivity contribution is 0.0675. The summed E-state index contributed by atoms with van der Waals surface area (Å²) in [7, 11) is 0. The Morgan fingerprint density at radius 2 is 2.19 bits per heavy atom. The zero-order valence-electron chi connectivity index (χ0n) is 12.0. The van der Waals surface area contributed by atoms with E-state index < -0.39 is 0 Å². The molecule has 0 amide bonds. The first-order chi connectivity index (χ1) is 10.1. The van der Waals surface area contributed by atoms with Crippen LogP contribution < -0.4 is 10.7 Å². The molecule has 0 saturated carbocycles. The van der Waals surface area contributed by atoms with Gasteiger partial charge in [-0.15, -0.1) is 0 Å². The number of pyridine rings is 1. The monoisotopic (exact) mass is 288 g/mol. The quantitative estimate of drug-likeness (QED) is 0.862. The molecule has 1 aromatic heterocycles. The predicted octanol–water partition coefficient (Wildman–Crippen LogP) is 3.29. The van der Waals surface area contributed by atoms with Crippen molar-refractivity contribution in [2.24, 2.45) is 5.90 Å². The second-order valence-corrected chi connectivity index (χ2v) is 5.32. The average molecular weight is 288 g/mol. The first-order valence-corrected chi connectivity index (χ1v) is 6.86. The number of nitrogens with two attached hydrogens (primary N) is 1. The second-order valence-electron chi connectivity index (χ2n) is 5.32. The molecule has 4 nitrogen and oxygen atoms in total. The molecule has 1 unspecified atom stereocenters. The highest BCUT2D eigenvalue weighted by Gasteiger charge is 2.20. The summed E-state index contributed by atoms with van der Waals surface area (Å²) in [5.74, 6) is 5.65. The van der Waals surface area contributed by atoms with Gasteiger partial charge in [-0.05, 0) is 37.1 Å². The molecule has 0 fully saturated rings. The molecule has 0 aliphatic carbocycles. The van der Waals surface area contributed by atoms with Crippen LogP contribution in [-0.4, -0.2) is 17.7 Å². The number of hydrogen-bond acceptors (Lipinski definition) is 4. The first kappa shape index (κ1) is 14.0. The molecule has 1 aliphatic heterocycles. The molecule has 5 heteroatoms. The lowest BCUT2D eigenvalue weighted by atomic mass is 9.96. The Morgan fingerprint density at radius 3 is 2.95 bits per heavy atom. The van der Waals surface area contributed by atoms with Crippen molar-refractivity contribution in [3.8, 4) is 5.75 Å². The Bertz CT molecular complexity index is 728. The number of rotatable bonds is 2. The molecule has 110 valence electrons. The van der Waals surface area contributed by atoms with E-state index in [9.17, 15) is 4.39 Å². The summed E-state index contributed by atoms with van der Waals surface area (Å²) in [5, 5.41) is 0.778. The summed E-state index contributed by atoms with van der Waals surface area (Å²) in [4.78, 5) is 9.36. The zero-order chi connectivity index (χ0) is 15.0. The fourth-order valence-electron chi connectivity index (χ4n) is 2.64. The highest BCUT2D eigenvalue weighted by atomic mass is 19.1. The molecule has 21 heavy (non-hydrogen) atoms. The largest absolute Gasteiger partial charge is 0.411 e. The maximum Gasteiger partial charge on any atom is 0.158 e. The minimum absolute atomic E-state index is 0.0107. The molecule has 1 atom stereocenters. The summed E-state index contributed by atoms with van der Waals surface area (Å²) in [5.41, 5.74) is 3.10. The van der Waals surface area contributed by atoms with E-state index in [-0.39, 0.29) is 18.5 Å². The number of fused-ring (bicyclic) bond motifs is 1. The number of halogens is 1. The molecular formula is C16H17FN2O2. The van der Waals surface area contributed by atoms with Gasteiger partial charge in [0.05, 0.1) is 18.2 Å². The second kappa shape index (κ2) is 5.42. The van der Waals surface area contributed by atoms with Crippen LogP contribution in [0.2, 0.25) is 0 Å². The summed E-state index contributed by atoms with van der Waals surface area (Å²) in [6.45, 7) is 3.84. The third kappa shape index (κ3) is 2.62. The van der Waals surface area contributed by atoms with Gasteiger partial charge >= 0.3 is 0 Å². The van der Waals surface area contributed by atoms with Crippen LogP contribution in [0.3, 0.4) is 0 Å². The van der Waals surface area contributed by atoms with E-state index in [0.717, 1.165) is 22.2 Å². The van der Waals surface area contributed by atoms with Crippen molar-refractivity contribution in [3.05, 3.63) is 41.3 Å². The van der Waals surface area contributed by atoms with E-state index >= 15 is 0 Å². The van der Waals surface area contributed by atoms with Crippen LogP contribution in [0.15, 0.2) is 30.1 Å². The van der Waals surface area contributed by atoms with Crippen molar-refractivity contribution in [1.82, 2.24) is 4.98 Å². The van der Waals surface area contributed by atoms with E-state index in [1.807, 2.05) is 32.0 Å². The molecule has 0 bridgehead atoms. The number of nitrogens with zero attached hydrogens (tertiary/aromatic N) is 1. The minimum atomic E-state index is -0.220. The van der Waals surface area contributed by atoms with Gasteiger partial charge in [0.25, 0.3) is 0 Å². The Hall–Kier alpha value is -1.98. The minimum Gasteiger partial charge on any atom is -0.411 e. The number of hydrogen-bond donors (Lipinski definition) is 1. The highest BCUT2D eigenvalue weighted by molar-refractivity contribution is 5.89. The molecular weight excluding hydrogens is 271 g/mol. The number of benzene rings is 1. The topological polar surface area (TPSA) is 57.4 Å². The molecule has 2 N–H and O–H groups in total. The lowest BCUT2D eigenvalue weighted by Gasteiger charge is -2.22. The fourth-order valence-corrected chi connectivity index (χ4v) is 2.64. The van der Waals surface area contributed by atoms with Gasteiger partial charge in [-0.1, -0.05) is 6.07 Å². The molecule has 0 radical (unpaired) electrons. The number of ether oxygens (including phenoxy) is 1. The van der Waals surface area contributed by atoms with Gasteiger partial charge in [0.2, 0.25) is 0 Å². The van der Waals surface area contributed by atoms with Crippen LogP contribution in [0.25, 0.3) is 16.5 Å². The van der Waals surface area contributed by atoms with Crippen LogP contribution in [0.1, 0.15) is 24.6 Å². The average Bonchev–Trinajstić information content (AvgIpc) is 2.48. The Labute approximate surface area is 122 Å². The lowest BCUT2D eigenvalue weighted by Crippen LogP contribution is -2.17. The van der Waals surface area contributed by atoms with Gasteiger partial charge in [0.1, 0.15) is 5.83 Å². The summed E-state index contributed by atoms with van der Waals surface area (Å²) in [6.07, 6.45) is 0.562. The number of aryl methyl sites for hydroxylation is 1. The molecule has 3 rings (SSSR count). The fraction of sp³-hybridized carbons (Fsp3) is 0.312. The maximum atomic E-state index is 14.0. The maximum absolute atomic E-state index is 14.0. The zero-order valence-corrected chi connectivity index (χ0v) is 12.0. The smallest absolute Gasteiger partial charge is 0.158 e. The van der Waals surface area contributed by atoms with E-state index in [0.29, 0.717) is 17.7 Å². The third-order valence-corrected chi connectivity index (χ3v) is 3.69. The Balaban J connectivity index is 2.15. The number of aromatic nitrogens is 1. The van der Waals surface area contributed by atoms with E-state index in [1.165, 1.54) is 0 Å². The van der Waals surface area contributed by atoms with Crippen LogP contribution in [-0.2, 0) is 4.74 Å². The van der Waals surface area contributed by atoms with Crippen molar-refractivity contribution < 1.29 is 14.0 Å². The SMILES string of the molecule is Cc1cc(ON)c2cc(C3=C(F)COC(C)C3)ccc2n1.